The van der Waals surface area contributed by atoms with Crippen LogP contribution in [0.15, 0.2) is 6.20 Å². The lowest BCUT2D eigenvalue weighted by Gasteiger charge is -2.06. The first-order chi connectivity index (χ1) is 6.99. The molecule has 0 aliphatic carbocycles. The Kier molecular flexibility index (Phi) is 3.82. The minimum Gasteiger partial charge on any atom is -0.462 e. The molecule has 0 saturated carbocycles. The van der Waals surface area contributed by atoms with Gasteiger partial charge in [-0.2, -0.15) is 0 Å². The molecule has 5 heteroatoms. The molecule has 0 saturated heterocycles. The summed E-state index contributed by atoms with van der Waals surface area (Å²) in [5, 5.41) is 7.80. The first-order valence-corrected chi connectivity index (χ1v) is 5.08. The van der Waals surface area contributed by atoms with Gasteiger partial charge in [-0.3, -0.25) is 4.79 Å². The number of carbonyl (C=O) groups is 1. The standard InChI is InChI=1S/C10H17N3O2/c1-7(2)9-5-13(12-11-9)6-10(14)15-8(3)4/h5,7-8H,6H2,1-4H3. The second-order valence-corrected chi connectivity index (χ2v) is 4.03. The van der Waals surface area contributed by atoms with Gasteiger partial charge in [0.2, 0.25) is 0 Å². The molecule has 0 aliphatic rings. The average molecular weight is 211 g/mol. The highest BCUT2D eigenvalue weighted by atomic mass is 16.5. The van der Waals surface area contributed by atoms with Crippen molar-refractivity contribution < 1.29 is 9.53 Å². The predicted molar refractivity (Wildman–Crippen MR) is 55.3 cm³/mol. The minimum absolute atomic E-state index is 0.0920. The van der Waals surface area contributed by atoms with Gasteiger partial charge in [0.25, 0.3) is 0 Å². The maximum absolute atomic E-state index is 11.3. The van der Waals surface area contributed by atoms with E-state index < -0.39 is 0 Å². The van der Waals surface area contributed by atoms with Crippen LogP contribution in [0, 0.1) is 0 Å². The number of aromatic nitrogens is 3. The second-order valence-electron chi connectivity index (χ2n) is 4.03. The van der Waals surface area contributed by atoms with Crippen molar-refractivity contribution in [3.8, 4) is 0 Å². The van der Waals surface area contributed by atoms with Crippen LogP contribution < -0.4 is 0 Å². The Balaban J connectivity index is 2.53. The van der Waals surface area contributed by atoms with E-state index in [0.29, 0.717) is 5.92 Å². The van der Waals surface area contributed by atoms with E-state index in [-0.39, 0.29) is 18.6 Å². The third-order valence-corrected chi connectivity index (χ3v) is 1.81. The molecule has 1 heterocycles. The van der Waals surface area contributed by atoms with E-state index in [0.717, 1.165) is 5.69 Å². The van der Waals surface area contributed by atoms with Crippen molar-refractivity contribution in [2.24, 2.45) is 0 Å². The molecule has 5 nitrogen and oxygen atoms in total. The van der Waals surface area contributed by atoms with Crippen LogP contribution in [-0.2, 0) is 16.1 Å². The van der Waals surface area contributed by atoms with Crippen LogP contribution in [0.3, 0.4) is 0 Å². The highest BCUT2D eigenvalue weighted by molar-refractivity contribution is 5.69. The summed E-state index contributed by atoms with van der Waals surface area (Å²) in [5.41, 5.74) is 0.882. The fourth-order valence-electron chi connectivity index (χ4n) is 1.09. The van der Waals surface area contributed by atoms with Gasteiger partial charge in [-0.15, -0.1) is 5.10 Å². The van der Waals surface area contributed by atoms with Gasteiger partial charge in [0.1, 0.15) is 6.54 Å². The molecule has 1 aromatic heterocycles. The summed E-state index contributed by atoms with van der Waals surface area (Å²) in [4.78, 5) is 11.3. The summed E-state index contributed by atoms with van der Waals surface area (Å²) in [7, 11) is 0. The second kappa shape index (κ2) is 4.91. The first kappa shape index (κ1) is 11.7. The predicted octanol–water partition coefficient (Wildman–Crippen LogP) is 1.35. The molecule has 0 unspecified atom stereocenters. The van der Waals surface area contributed by atoms with E-state index in [1.807, 2.05) is 27.7 Å². The Hall–Kier alpha value is -1.39. The van der Waals surface area contributed by atoms with E-state index in [1.165, 1.54) is 4.68 Å². The number of nitrogens with zero attached hydrogens (tertiary/aromatic N) is 3. The third-order valence-electron chi connectivity index (χ3n) is 1.81. The molecule has 0 N–H and O–H groups in total. The number of carbonyl (C=O) groups excluding carboxylic acids is 1. The average Bonchev–Trinajstić information content (AvgIpc) is 2.50. The third kappa shape index (κ3) is 3.69. The van der Waals surface area contributed by atoms with Crippen molar-refractivity contribution in [3.63, 3.8) is 0 Å². The molecule has 0 aliphatic heterocycles. The highest BCUT2D eigenvalue weighted by Gasteiger charge is 2.09. The van der Waals surface area contributed by atoms with E-state index in [2.05, 4.69) is 10.3 Å². The highest BCUT2D eigenvalue weighted by Crippen LogP contribution is 2.08. The van der Waals surface area contributed by atoms with E-state index in [9.17, 15) is 4.79 Å². The summed E-state index contributed by atoms with van der Waals surface area (Å²) in [6.07, 6.45) is 1.68. The Morgan fingerprint density at radius 3 is 2.60 bits per heavy atom. The topological polar surface area (TPSA) is 57.0 Å². The number of hydrogen-bond acceptors (Lipinski definition) is 4. The van der Waals surface area contributed by atoms with Gasteiger partial charge in [-0.1, -0.05) is 19.1 Å². The molecule has 0 aromatic carbocycles. The molecule has 84 valence electrons. The van der Waals surface area contributed by atoms with Crippen molar-refractivity contribution in [3.05, 3.63) is 11.9 Å². The fraction of sp³-hybridized carbons (Fsp3) is 0.700. The quantitative estimate of drug-likeness (QED) is 0.705. The zero-order chi connectivity index (χ0) is 11.4. The molecular weight excluding hydrogens is 194 g/mol. The smallest absolute Gasteiger partial charge is 0.328 e. The maximum Gasteiger partial charge on any atom is 0.328 e. The van der Waals surface area contributed by atoms with Gasteiger partial charge in [0.15, 0.2) is 0 Å². The van der Waals surface area contributed by atoms with Crippen molar-refractivity contribution in [1.29, 1.82) is 0 Å². The van der Waals surface area contributed by atoms with Crippen LogP contribution in [-0.4, -0.2) is 27.1 Å². The number of esters is 1. The number of ether oxygens (including phenoxy) is 1. The first-order valence-electron chi connectivity index (χ1n) is 5.08. The summed E-state index contributed by atoms with van der Waals surface area (Å²) in [6, 6.07) is 0. The molecule has 0 bridgehead atoms. The lowest BCUT2D eigenvalue weighted by molar-refractivity contribution is -0.148. The summed E-state index contributed by atoms with van der Waals surface area (Å²) >= 11 is 0. The molecule has 0 amide bonds. The zero-order valence-corrected chi connectivity index (χ0v) is 9.60. The van der Waals surface area contributed by atoms with Crippen molar-refractivity contribution in [1.82, 2.24) is 15.0 Å². The lowest BCUT2D eigenvalue weighted by Crippen LogP contribution is -2.17. The van der Waals surface area contributed by atoms with Crippen LogP contribution >= 0.6 is 0 Å². The SMILES string of the molecule is CC(C)OC(=O)Cn1cc(C(C)C)nn1. The number of rotatable bonds is 4. The molecule has 0 radical (unpaired) electrons. The van der Waals surface area contributed by atoms with E-state index in [1.54, 1.807) is 6.20 Å². The zero-order valence-electron chi connectivity index (χ0n) is 9.60. The van der Waals surface area contributed by atoms with Gasteiger partial charge in [0.05, 0.1) is 11.8 Å². The molecule has 1 rings (SSSR count). The van der Waals surface area contributed by atoms with Crippen LogP contribution in [0.25, 0.3) is 0 Å². The van der Waals surface area contributed by atoms with Gasteiger partial charge >= 0.3 is 5.97 Å². The van der Waals surface area contributed by atoms with E-state index >= 15 is 0 Å². The van der Waals surface area contributed by atoms with Crippen LogP contribution in [0.4, 0.5) is 0 Å². The lowest BCUT2D eigenvalue weighted by atomic mass is 10.2. The molecule has 1 aromatic rings. The van der Waals surface area contributed by atoms with Crippen molar-refractivity contribution in [2.45, 2.75) is 46.3 Å². The molecule has 0 atom stereocenters. The van der Waals surface area contributed by atoms with Gasteiger partial charge in [-0.25, -0.2) is 4.68 Å². The Morgan fingerprint density at radius 1 is 1.47 bits per heavy atom. The monoisotopic (exact) mass is 211 g/mol. The Bertz CT molecular complexity index is 331. The van der Waals surface area contributed by atoms with Crippen molar-refractivity contribution >= 4 is 5.97 Å². The van der Waals surface area contributed by atoms with Crippen LogP contribution in [0.1, 0.15) is 39.3 Å². The summed E-state index contributed by atoms with van der Waals surface area (Å²) < 4.78 is 6.50. The molecule has 0 spiro atoms. The molecule has 0 fully saturated rings. The summed E-state index contributed by atoms with van der Waals surface area (Å²) in [6.45, 7) is 7.82. The van der Waals surface area contributed by atoms with Gasteiger partial charge < -0.3 is 4.74 Å². The minimum atomic E-state index is -0.287. The normalized spacial score (nSPS) is 11.1. The van der Waals surface area contributed by atoms with Gasteiger partial charge in [0, 0.05) is 6.20 Å². The van der Waals surface area contributed by atoms with Gasteiger partial charge in [-0.05, 0) is 19.8 Å². The largest absolute Gasteiger partial charge is 0.462 e. The molecule has 15 heavy (non-hydrogen) atoms. The van der Waals surface area contributed by atoms with Crippen molar-refractivity contribution in [2.75, 3.05) is 0 Å². The summed E-state index contributed by atoms with van der Waals surface area (Å²) in [5.74, 6) is 0.0325. The van der Waals surface area contributed by atoms with Crippen LogP contribution in [0.2, 0.25) is 0 Å². The Morgan fingerprint density at radius 2 is 2.13 bits per heavy atom. The van der Waals surface area contributed by atoms with E-state index in [4.69, 9.17) is 4.74 Å². The fourth-order valence-corrected chi connectivity index (χ4v) is 1.09. The molecular formula is C10H17N3O2. The van der Waals surface area contributed by atoms with Crippen LogP contribution in [0.5, 0.6) is 0 Å². The maximum atomic E-state index is 11.3. The number of hydrogen-bond donors (Lipinski definition) is 0. The Labute approximate surface area is 89.4 Å².